The third kappa shape index (κ3) is 9.42. The van der Waals surface area contributed by atoms with Gasteiger partial charge in [0.25, 0.3) is 0 Å². The van der Waals surface area contributed by atoms with Crippen molar-refractivity contribution in [1.82, 2.24) is 29.1 Å². The maximum atomic E-state index is 11.1. The summed E-state index contributed by atoms with van der Waals surface area (Å²) in [6, 6.07) is 21.3. The van der Waals surface area contributed by atoms with Gasteiger partial charge in [-0.25, -0.2) is 30.2 Å². The van der Waals surface area contributed by atoms with Crippen molar-refractivity contribution >= 4 is 54.3 Å². The number of aliphatic hydroxyl groups excluding tert-OH is 2. The first-order valence-corrected chi connectivity index (χ1v) is 25.2. The van der Waals surface area contributed by atoms with E-state index in [4.69, 9.17) is 18.6 Å². The molecule has 0 bridgehead atoms. The first-order valence-electron chi connectivity index (χ1n) is 22.3. The van der Waals surface area contributed by atoms with E-state index in [1.165, 1.54) is 22.3 Å². The second kappa shape index (κ2) is 17.5. The number of nitrogens with zero attached hydrogens (tertiary/aromatic N) is 6. The lowest BCUT2D eigenvalue weighted by Crippen LogP contribution is -2.24. The minimum absolute atomic E-state index is 0.0273. The number of fused-ring (bicyclic) bond motifs is 4. The summed E-state index contributed by atoms with van der Waals surface area (Å²) in [7, 11) is -8.07. The van der Waals surface area contributed by atoms with Crippen molar-refractivity contribution in [2.45, 2.75) is 113 Å². The summed E-state index contributed by atoms with van der Waals surface area (Å²) in [6.45, 7) is 8.80. The minimum Gasteiger partial charge on any atom is -0.393 e. The predicted molar refractivity (Wildman–Crippen MR) is 250 cm³/mol. The maximum Gasteiger partial charge on any atom is 0.333 e. The van der Waals surface area contributed by atoms with E-state index in [9.17, 15) is 27.0 Å². The maximum absolute atomic E-state index is 11.1. The molecule has 2 aromatic carbocycles. The summed E-state index contributed by atoms with van der Waals surface area (Å²) in [5.41, 5.74) is 7.04. The second-order valence-corrected chi connectivity index (χ2v) is 22.0. The van der Waals surface area contributed by atoms with Crippen molar-refractivity contribution in [2.75, 3.05) is 23.8 Å². The van der Waals surface area contributed by atoms with Gasteiger partial charge in [-0.15, -0.1) is 0 Å². The molecule has 4 aliphatic carbocycles. The van der Waals surface area contributed by atoms with Crippen molar-refractivity contribution in [2.24, 2.45) is 22.1 Å². The average molecular weight is 943 g/mol. The molecule has 66 heavy (non-hydrogen) atoms. The average Bonchev–Trinajstić information content (AvgIpc) is 4.11. The Kier molecular flexibility index (Phi) is 12.2. The highest BCUT2D eigenvalue weighted by Crippen LogP contribution is 2.48. The van der Waals surface area contributed by atoms with Gasteiger partial charge in [0.2, 0.25) is 0 Å². The van der Waals surface area contributed by atoms with Crippen LogP contribution in [0.1, 0.15) is 113 Å². The summed E-state index contributed by atoms with van der Waals surface area (Å²) < 4.78 is 58.0. The van der Waals surface area contributed by atoms with E-state index in [0.717, 1.165) is 46.5 Å². The molecule has 10 rings (SSSR count). The van der Waals surface area contributed by atoms with Crippen LogP contribution in [-0.2, 0) is 39.8 Å². The number of aliphatic hydroxyl groups is 2. The van der Waals surface area contributed by atoms with Crippen molar-refractivity contribution < 1.29 is 35.4 Å². The molecule has 20 heteroatoms. The molecule has 18 nitrogen and oxygen atoms in total. The molecule has 6 aromatic rings. The zero-order valence-electron chi connectivity index (χ0n) is 37.4. The van der Waals surface area contributed by atoms with Gasteiger partial charge in [-0.2, -0.15) is 16.8 Å². The number of hydrogen-bond donors (Lipinski definition) is 6. The number of rotatable bonds is 12. The molecule has 0 amide bonds. The molecule has 0 spiro atoms. The SMILES string of the molecule is CC1(C)C[C@@H](Nc2ncnc3c2ccn3[C@@H]2C[C@@H](COS(N)(=O)=O)[C@@H](O)C2)c2ccccc21.CC1(C)C[C@H](Nc2ncnc3c2ccn3[C@@H]2C[C@@H](COS(N)(=O)=O)[C@@H](O)C2)c2ccccc21. The molecule has 0 saturated heterocycles. The third-order valence-corrected chi connectivity index (χ3v) is 15.1. The van der Waals surface area contributed by atoms with Gasteiger partial charge in [-0.05, 0) is 83.7 Å². The van der Waals surface area contributed by atoms with E-state index in [-0.39, 0.29) is 60.0 Å². The van der Waals surface area contributed by atoms with Gasteiger partial charge in [0, 0.05) is 36.3 Å². The number of anilines is 2. The van der Waals surface area contributed by atoms with Gasteiger partial charge in [-0.3, -0.25) is 8.37 Å². The molecule has 2 fully saturated rings. The van der Waals surface area contributed by atoms with Crippen LogP contribution in [0.15, 0.2) is 85.7 Å². The summed E-state index contributed by atoms with van der Waals surface area (Å²) in [5, 5.41) is 39.9. The van der Waals surface area contributed by atoms with Crippen LogP contribution < -0.4 is 20.9 Å². The van der Waals surface area contributed by atoms with Crippen LogP contribution in [0, 0.1) is 11.8 Å². The van der Waals surface area contributed by atoms with E-state index in [2.05, 4.69) is 107 Å². The molecule has 0 unspecified atom stereocenters. The van der Waals surface area contributed by atoms with Crippen LogP contribution in [0.5, 0.6) is 0 Å². The molecule has 2 saturated carbocycles. The molecule has 8 N–H and O–H groups in total. The Morgan fingerprint density at radius 1 is 0.621 bits per heavy atom. The van der Waals surface area contributed by atoms with E-state index >= 15 is 0 Å². The quantitative estimate of drug-likeness (QED) is 0.0873. The monoisotopic (exact) mass is 942 g/mol. The number of aromatic nitrogens is 6. The van der Waals surface area contributed by atoms with Gasteiger partial charge in [0.05, 0.1) is 48.3 Å². The Morgan fingerprint density at radius 3 is 1.41 bits per heavy atom. The van der Waals surface area contributed by atoms with Crippen molar-refractivity contribution in [3.8, 4) is 0 Å². The normalized spacial score (nSPS) is 26.5. The van der Waals surface area contributed by atoms with E-state index in [1.807, 2.05) is 33.7 Å². The lowest BCUT2D eigenvalue weighted by molar-refractivity contribution is 0.0998. The van der Waals surface area contributed by atoms with E-state index < -0.39 is 32.8 Å². The Balaban J connectivity index is 0.000000166. The lowest BCUT2D eigenvalue weighted by atomic mass is 9.86. The van der Waals surface area contributed by atoms with Crippen LogP contribution in [0.25, 0.3) is 22.1 Å². The highest BCUT2D eigenvalue weighted by molar-refractivity contribution is 7.84. The number of hydrogen-bond acceptors (Lipinski definition) is 14. The Labute approximate surface area is 384 Å². The summed E-state index contributed by atoms with van der Waals surface area (Å²) in [6.07, 6.45) is 9.72. The molecule has 352 valence electrons. The molecule has 4 heterocycles. The Hall–Kier alpha value is -5.06. The van der Waals surface area contributed by atoms with Crippen molar-refractivity contribution in [3.63, 3.8) is 0 Å². The van der Waals surface area contributed by atoms with E-state index in [0.29, 0.717) is 25.7 Å². The standard InChI is InChI=1S/2C23H29N5O4S/c2*1-23(2)11-19(16-5-3-4-6-18(16)23)27-21-17-7-8-28(22(17)26-13-25-21)15-9-14(20(29)10-15)12-32-33(24,30)31/h2*3-8,13-15,19-20,29H,9-12H2,1-2H3,(H2,24,30,31)(H,25,26,27)/t14-,15+,19+,20-;14-,15+,19-,20-/m00/s1. The zero-order chi connectivity index (χ0) is 46.8. The molecule has 4 aromatic heterocycles. The van der Waals surface area contributed by atoms with E-state index in [1.54, 1.807) is 12.7 Å². The van der Waals surface area contributed by atoms with Crippen LogP contribution >= 0.6 is 0 Å². The molecular weight excluding hydrogens is 885 g/mol. The predicted octanol–water partition coefficient (Wildman–Crippen LogP) is 5.60. The summed E-state index contributed by atoms with van der Waals surface area (Å²) >= 11 is 0. The topological polar surface area (TPSA) is 265 Å². The fourth-order valence-electron chi connectivity index (χ4n) is 11.0. The molecule has 4 aliphatic rings. The summed E-state index contributed by atoms with van der Waals surface area (Å²) in [4.78, 5) is 18.1. The van der Waals surface area contributed by atoms with Crippen molar-refractivity contribution in [1.29, 1.82) is 0 Å². The van der Waals surface area contributed by atoms with Gasteiger partial charge in [-0.1, -0.05) is 76.2 Å². The Bertz CT molecular complexity index is 2780. The van der Waals surface area contributed by atoms with Crippen LogP contribution in [-0.4, -0.2) is 81.5 Å². The fraction of sp³-hybridized carbons (Fsp3) is 0.478. The number of nitrogens with two attached hydrogens (primary N) is 2. The molecule has 0 radical (unpaired) electrons. The van der Waals surface area contributed by atoms with Crippen molar-refractivity contribution in [3.05, 3.63) is 108 Å². The number of benzene rings is 2. The summed E-state index contributed by atoms with van der Waals surface area (Å²) in [5.74, 6) is 0.928. The van der Waals surface area contributed by atoms with Crippen LogP contribution in [0.2, 0.25) is 0 Å². The number of nitrogens with one attached hydrogen (secondary N) is 2. The van der Waals surface area contributed by atoms with Crippen LogP contribution in [0.3, 0.4) is 0 Å². The van der Waals surface area contributed by atoms with Gasteiger partial charge < -0.3 is 30.0 Å². The van der Waals surface area contributed by atoms with Gasteiger partial charge in [0.1, 0.15) is 35.6 Å². The lowest BCUT2D eigenvalue weighted by Gasteiger charge is -2.20. The highest BCUT2D eigenvalue weighted by Gasteiger charge is 2.40. The second-order valence-electron chi connectivity index (χ2n) is 19.6. The first kappa shape index (κ1) is 46.1. The van der Waals surface area contributed by atoms with Gasteiger partial charge in [0.15, 0.2) is 0 Å². The van der Waals surface area contributed by atoms with Crippen LogP contribution in [0.4, 0.5) is 11.6 Å². The molecule has 0 aliphatic heterocycles. The van der Waals surface area contributed by atoms with Gasteiger partial charge >= 0.3 is 20.6 Å². The Morgan fingerprint density at radius 2 is 1.02 bits per heavy atom. The molecular formula is C46H58N10O8S2. The minimum atomic E-state index is -4.03. The first-order chi connectivity index (χ1) is 31.2. The zero-order valence-corrected chi connectivity index (χ0v) is 39.0. The largest absolute Gasteiger partial charge is 0.393 e. The third-order valence-electron chi connectivity index (χ3n) is 14.1. The smallest absolute Gasteiger partial charge is 0.333 e. The highest BCUT2D eigenvalue weighted by atomic mass is 32.2. The molecule has 8 atom stereocenters. The fourth-order valence-corrected chi connectivity index (χ4v) is 11.7.